The third-order valence-corrected chi connectivity index (χ3v) is 2.92. The molecule has 0 saturated carbocycles. The Morgan fingerprint density at radius 3 is 2.10 bits per heavy atom. The summed E-state index contributed by atoms with van der Waals surface area (Å²) in [5, 5.41) is 14.3. The fourth-order valence-corrected chi connectivity index (χ4v) is 1.96. The van der Waals surface area contributed by atoms with E-state index >= 15 is 0 Å². The van der Waals surface area contributed by atoms with Crippen molar-refractivity contribution in [2.24, 2.45) is 0 Å². The molecule has 2 aromatic carbocycles. The molecule has 0 bridgehead atoms. The molecule has 0 unspecified atom stereocenters. The van der Waals surface area contributed by atoms with Gasteiger partial charge in [-0.2, -0.15) is 0 Å². The third-order valence-electron chi connectivity index (χ3n) is 2.92. The maximum absolute atomic E-state index is 12.0. The summed E-state index contributed by atoms with van der Waals surface area (Å²) in [5.74, 6) is -0.969. The van der Waals surface area contributed by atoms with Crippen LogP contribution in [-0.2, 0) is 4.79 Å². The minimum atomic E-state index is -0.969. The van der Waals surface area contributed by atoms with Gasteiger partial charge < -0.3 is 15.7 Å². The van der Waals surface area contributed by atoms with Crippen molar-refractivity contribution >= 4 is 17.7 Å². The number of rotatable bonds is 5. The number of para-hydroxylation sites is 1. The highest BCUT2D eigenvalue weighted by Gasteiger charge is 2.17. The van der Waals surface area contributed by atoms with Gasteiger partial charge in [-0.15, -0.1) is 0 Å². The summed E-state index contributed by atoms with van der Waals surface area (Å²) in [6, 6.07) is 17.0. The van der Waals surface area contributed by atoms with Gasteiger partial charge in [0.15, 0.2) is 0 Å². The van der Waals surface area contributed by atoms with Gasteiger partial charge in [0.1, 0.15) is 0 Å². The Hall–Kier alpha value is -2.82. The lowest BCUT2D eigenvalue weighted by Gasteiger charge is -2.18. The first-order chi connectivity index (χ1) is 10.1. The predicted molar refractivity (Wildman–Crippen MR) is 80.0 cm³/mol. The minimum absolute atomic E-state index is 0.174. The largest absolute Gasteiger partial charge is 0.481 e. The SMILES string of the molecule is O=C(O)C[C@H](NC(=O)Nc1ccccc1)c1ccccc1. The van der Waals surface area contributed by atoms with Crippen molar-refractivity contribution < 1.29 is 14.7 Å². The molecule has 0 aromatic heterocycles. The average molecular weight is 284 g/mol. The maximum atomic E-state index is 12.0. The fraction of sp³-hybridized carbons (Fsp3) is 0.125. The summed E-state index contributed by atoms with van der Waals surface area (Å²) < 4.78 is 0. The standard InChI is InChI=1S/C16H16N2O3/c19-15(20)11-14(12-7-3-1-4-8-12)18-16(21)17-13-9-5-2-6-10-13/h1-10,14H,11H2,(H,19,20)(H2,17,18,21)/t14-/m0/s1. The van der Waals surface area contributed by atoms with Gasteiger partial charge in [-0.1, -0.05) is 48.5 Å². The van der Waals surface area contributed by atoms with Crippen LogP contribution in [0.1, 0.15) is 18.0 Å². The van der Waals surface area contributed by atoms with Crippen LogP contribution in [0.2, 0.25) is 0 Å². The van der Waals surface area contributed by atoms with E-state index in [2.05, 4.69) is 10.6 Å². The van der Waals surface area contributed by atoms with Crippen LogP contribution >= 0.6 is 0 Å². The second kappa shape index (κ2) is 7.09. The number of urea groups is 1. The highest BCUT2D eigenvalue weighted by molar-refractivity contribution is 5.89. The average Bonchev–Trinajstić information content (AvgIpc) is 2.48. The Morgan fingerprint density at radius 1 is 0.952 bits per heavy atom. The normalized spacial score (nSPS) is 11.4. The maximum Gasteiger partial charge on any atom is 0.319 e. The fourth-order valence-electron chi connectivity index (χ4n) is 1.96. The van der Waals surface area contributed by atoms with Gasteiger partial charge in [0.25, 0.3) is 0 Å². The van der Waals surface area contributed by atoms with Crippen molar-refractivity contribution in [2.45, 2.75) is 12.5 Å². The molecule has 0 aliphatic heterocycles. The van der Waals surface area contributed by atoms with Crippen molar-refractivity contribution in [3.63, 3.8) is 0 Å². The van der Waals surface area contributed by atoms with E-state index in [1.807, 2.05) is 24.3 Å². The van der Waals surface area contributed by atoms with Crippen molar-refractivity contribution in [1.82, 2.24) is 5.32 Å². The van der Waals surface area contributed by atoms with Gasteiger partial charge in [-0.05, 0) is 17.7 Å². The highest BCUT2D eigenvalue weighted by Crippen LogP contribution is 2.17. The first-order valence-corrected chi connectivity index (χ1v) is 6.54. The Balaban J connectivity index is 2.05. The molecule has 21 heavy (non-hydrogen) atoms. The first kappa shape index (κ1) is 14.6. The molecular formula is C16H16N2O3. The number of hydrogen-bond donors (Lipinski definition) is 3. The number of aliphatic carboxylic acids is 1. The molecule has 2 aromatic rings. The lowest BCUT2D eigenvalue weighted by atomic mass is 10.0. The summed E-state index contributed by atoms with van der Waals surface area (Å²) in [7, 11) is 0. The number of anilines is 1. The van der Waals surface area contributed by atoms with Crippen LogP contribution in [0.25, 0.3) is 0 Å². The Kier molecular flexibility index (Phi) is 4.93. The molecule has 0 fully saturated rings. The molecule has 5 nitrogen and oxygen atoms in total. The highest BCUT2D eigenvalue weighted by atomic mass is 16.4. The predicted octanol–water partition coefficient (Wildman–Crippen LogP) is 3.02. The Labute approximate surface area is 122 Å². The zero-order chi connectivity index (χ0) is 15.1. The number of benzene rings is 2. The summed E-state index contributed by atoms with van der Waals surface area (Å²) in [6.45, 7) is 0. The number of carbonyl (C=O) groups is 2. The number of carbonyl (C=O) groups excluding carboxylic acids is 1. The molecule has 1 atom stereocenters. The van der Waals surface area contributed by atoms with E-state index in [0.29, 0.717) is 5.69 Å². The molecule has 2 amide bonds. The summed E-state index contributed by atoms with van der Waals surface area (Å²) >= 11 is 0. The Bertz CT molecular complexity index is 599. The summed E-state index contributed by atoms with van der Waals surface area (Å²) in [6.07, 6.45) is -0.174. The molecule has 0 aliphatic rings. The van der Waals surface area contributed by atoms with E-state index in [0.717, 1.165) is 5.56 Å². The number of carboxylic acid groups (broad SMARTS) is 1. The van der Waals surface area contributed by atoms with Crippen molar-refractivity contribution in [1.29, 1.82) is 0 Å². The van der Waals surface area contributed by atoms with Crippen LogP contribution in [-0.4, -0.2) is 17.1 Å². The molecule has 5 heteroatoms. The van der Waals surface area contributed by atoms with Gasteiger partial charge in [0.05, 0.1) is 12.5 Å². The van der Waals surface area contributed by atoms with Crippen LogP contribution in [0.3, 0.4) is 0 Å². The van der Waals surface area contributed by atoms with E-state index in [4.69, 9.17) is 5.11 Å². The zero-order valence-electron chi connectivity index (χ0n) is 11.3. The second-order valence-corrected chi connectivity index (χ2v) is 4.53. The van der Waals surface area contributed by atoms with E-state index in [9.17, 15) is 9.59 Å². The smallest absolute Gasteiger partial charge is 0.319 e. The van der Waals surface area contributed by atoms with Crippen LogP contribution in [0.4, 0.5) is 10.5 Å². The van der Waals surface area contributed by atoms with E-state index < -0.39 is 18.0 Å². The van der Waals surface area contributed by atoms with Gasteiger partial charge in [0.2, 0.25) is 0 Å². The van der Waals surface area contributed by atoms with Crippen LogP contribution < -0.4 is 10.6 Å². The number of carboxylic acids is 1. The van der Waals surface area contributed by atoms with Gasteiger partial charge in [-0.3, -0.25) is 4.79 Å². The lowest BCUT2D eigenvalue weighted by molar-refractivity contribution is -0.137. The molecule has 0 radical (unpaired) electrons. The lowest BCUT2D eigenvalue weighted by Crippen LogP contribution is -2.33. The van der Waals surface area contributed by atoms with Gasteiger partial charge >= 0.3 is 12.0 Å². The zero-order valence-corrected chi connectivity index (χ0v) is 11.3. The van der Waals surface area contributed by atoms with E-state index in [-0.39, 0.29) is 6.42 Å². The molecule has 3 N–H and O–H groups in total. The monoisotopic (exact) mass is 284 g/mol. The molecular weight excluding hydrogens is 268 g/mol. The summed E-state index contributed by atoms with van der Waals surface area (Å²) in [5.41, 5.74) is 1.40. The quantitative estimate of drug-likeness (QED) is 0.789. The number of hydrogen-bond acceptors (Lipinski definition) is 2. The number of amides is 2. The molecule has 108 valence electrons. The van der Waals surface area contributed by atoms with Crippen LogP contribution in [0.5, 0.6) is 0 Å². The molecule has 0 heterocycles. The van der Waals surface area contributed by atoms with Crippen molar-refractivity contribution in [3.05, 3.63) is 66.2 Å². The van der Waals surface area contributed by atoms with E-state index in [1.165, 1.54) is 0 Å². The second-order valence-electron chi connectivity index (χ2n) is 4.53. The van der Waals surface area contributed by atoms with Crippen LogP contribution in [0, 0.1) is 0 Å². The molecule has 0 aliphatic carbocycles. The topological polar surface area (TPSA) is 78.4 Å². The van der Waals surface area contributed by atoms with Crippen molar-refractivity contribution in [3.8, 4) is 0 Å². The minimum Gasteiger partial charge on any atom is -0.481 e. The molecule has 0 spiro atoms. The Morgan fingerprint density at radius 2 is 1.52 bits per heavy atom. The molecule has 0 saturated heterocycles. The summed E-state index contributed by atoms with van der Waals surface area (Å²) in [4.78, 5) is 22.9. The first-order valence-electron chi connectivity index (χ1n) is 6.54. The van der Waals surface area contributed by atoms with Crippen molar-refractivity contribution in [2.75, 3.05) is 5.32 Å². The molecule has 2 rings (SSSR count). The number of nitrogens with one attached hydrogen (secondary N) is 2. The van der Waals surface area contributed by atoms with Crippen LogP contribution in [0.15, 0.2) is 60.7 Å². The van der Waals surface area contributed by atoms with Gasteiger partial charge in [-0.25, -0.2) is 4.79 Å². The third kappa shape index (κ3) is 4.65. The van der Waals surface area contributed by atoms with E-state index in [1.54, 1.807) is 36.4 Å². The van der Waals surface area contributed by atoms with Gasteiger partial charge in [0, 0.05) is 5.69 Å².